The fourth-order valence-electron chi connectivity index (χ4n) is 2.03. The number of hydrogen-bond donors (Lipinski definition) is 0. The van der Waals surface area contributed by atoms with E-state index < -0.39 is 0 Å². The summed E-state index contributed by atoms with van der Waals surface area (Å²) in [6, 6.07) is 9.16. The molecule has 0 aliphatic rings. The largest absolute Gasteiger partial charge is 0.493 e. The zero-order valence-electron chi connectivity index (χ0n) is 13.1. The van der Waals surface area contributed by atoms with Crippen molar-refractivity contribution in [3.8, 4) is 22.6 Å². The van der Waals surface area contributed by atoms with Crippen LogP contribution in [0.25, 0.3) is 10.8 Å². The van der Waals surface area contributed by atoms with Crippen LogP contribution in [0.3, 0.4) is 0 Å². The monoisotopic (exact) mass is 358 g/mol. The first-order valence-electron chi connectivity index (χ1n) is 7.19. The molecule has 122 valence electrons. The van der Waals surface area contributed by atoms with Crippen molar-refractivity contribution in [2.24, 2.45) is 0 Å². The summed E-state index contributed by atoms with van der Waals surface area (Å²) in [5, 5.41) is 18.5. The molecule has 3 rings (SSSR count). The van der Waals surface area contributed by atoms with Crippen molar-refractivity contribution in [3.05, 3.63) is 40.5 Å². The smallest absolute Gasteiger partial charge is 0.277 e. The number of rotatable bonds is 6. The first-order valence-corrected chi connectivity index (χ1v) is 8.99. The van der Waals surface area contributed by atoms with Crippen molar-refractivity contribution in [3.63, 3.8) is 0 Å². The number of thiazole rings is 1. The predicted octanol–water partition coefficient (Wildman–Crippen LogP) is 3.85. The Labute approximate surface area is 147 Å². The van der Waals surface area contributed by atoms with Crippen molar-refractivity contribution in [2.45, 2.75) is 19.1 Å². The Kier molecular flexibility index (Phi) is 5.13. The van der Waals surface area contributed by atoms with Crippen LogP contribution in [0.15, 0.2) is 33.9 Å². The summed E-state index contributed by atoms with van der Waals surface area (Å²) >= 11 is 2.97. The van der Waals surface area contributed by atoms with Gasteiger partial charge in [0, 0.05) is 5.75 Å². The molecular formula is C16H14N4O2S2. The molecule has 0 bridgehead atoms. The van der Waals surface area contributed by atoms with Gasteiger partial charge < -0.3 is 9.15 Å². The first-order chi connectivity index (χ1) is 11.7. The Balaban J connectivity index is 1.52. The number of aromatic nitrogens is 3. The highest BCUT2D eigenvalue weighted by atomic mass is 32.2. The van der Waals surface area contributed by atoms with E-state index in [1.807, 2.05) is 19.9 Å². The van der Waals surface area contributed by atoms with E-state index in [2.05, 4.69) is 21.3 Å². The van der Waals surface area contributed by atoms with Crippen molar-refractivity contribution < 1.29 is 9.15 Å². The summed E-state index contributed by atoms with van der Waals surface area (Å²) in [6.07, 6.45) is 0. The molecule has 6 nitrogen and oxygen atoms in total. The average Bonchev–Trinajstić information content (AvgIpc) is 3.17. The minimum atomic E-state index is 0.482. The van der Waals surface area contributed by atoms with Gasteiger partial charge in [0.15, 0.2) is 0 Å². The number of hydrogen-bond acceptors (Lipinski definition) is 8. The van der Waals surface area contributed by atoms with Crippen LogP contribution in [-0.2, 0) is 0 Å². The van der Waals surface area contributed by atoms with Crippen molar-refractivity contribution >= 4 is 23.1 Å². The minimum Gasteiger partial charge on any atom is -0.493 e. The van der Waals surface area contributed by atoms with Gasteiger partial charge in [0.25, 0.3) is 11.1 Å². The zero-order valence-corrected chi connectivity index (χ0v) is 14.8. The first kappa shape index (κ1) is 16.5. The fourth-order valence-corrected chi connectivity index (χ4v) is 3.45. The number of nitrogens with zero attached hydrogens (tertiary/aromatic N) is 4. The van der Waals surface area contributed by atoms with Crippen LogP contribution >= 0.6 is 23.1 Å². The minimum absolute atomic E-state index is 0.482. The lowest BCUT2D eigenvalue weighted by molar-refractivity contribution is 0.343. The molecule has 8 heteroatoms. The lowest BCUT2D eigenvalue weighted by atomic mass is 10.2. The summed E-state index contributed by atoms with van der Waals surface area (Å²) in [5.41, 5.74) is 1.48. The van der Waals surface area contributed by atoms with Crippen LogP contribution in [0.4, 0.5) is 0 Å². The lowest BCUT2D eigenvalue weighted by Crippen LogP contribution is -2.00. The van der Waals surface area contributed by atoms with Gasteiger partial charge in [-0.3, -0.25) is 0 Å². The lowest BCUT2D eigenvalue weighted by Gasteiger charge is -2.04. The van der Waals surface area contributed by atoms with Gasteiger partial charge in [-0.05, 0) is 32.0 Å². The molecule has 2 heterocycles. The van der Waals surface area contributed by atoms with Gasteiger partial charge in [-0.2, -0.15) is 5.26 Å². The molecule has 24 heavy (non-hydrogen) atoms. The fraction of sp³-hybridized carbons (Fsp3) is 0.250. The molecule has 3 aromatic rings. The molecular weight excluding hydrogens is 344 g/mol. The highest BCUT2D eigenvalue weighted by Crippen LogP contribution is 2.30. The van der Waals surface area contributed by atoms with Crippen molar-refractivity contribution in [2.75, 3.05) is 12.4 Å². The molecule has 0 N–H and O–H groups in total. The van der Waals surface area contributed by atoms with E-state index in [1.54, 1.807) is 29.5 Å². The maximum atomic E-state index is 8.86. The van der Waals surface area contributed by atoms with Crippen LogP contribution in [0.5, 0.6) is 5.75 Å². The topological polar surface area (TPSA) is 84.8 Å². The maximum Gasteiger partial charge on any atom is 0.277 e. The van der Waals surface area contributed by atoms with E-state index in [0.717, 1.165) is 15.6 Å². The second-order valence-electron chi connectivity index (χ2n) is 4.86. The number of nitriles is 1. The van der Waals surface area contributed by atoms with Crippen LogP contribution in [0.1, 0.15) is 16.3 Å². The van der Waals surface area contributed by atoms with Crippen LogP contribution in [-0.4, -0.2) is 27.5 Å². The third-order valence-corrected chi connectivity index (χ3v) is 4.89. The molecule has 0 spiro atoms. The summed E-state index contributed by atoms with van der Waals surface area (Å²) < 4.78 is 11.3. The summed E-state index contributed by atoms with van der Waals surface area (Å²) in [6.45, 7) is 4.36. The van der Waals surface area contributed by atoms with E-state index in [4.69, 9.17) is 14.4 Å². The van der Waals surface area contributed by atoms with Crippen molar-refractivity contribution in [1.82, 2.24) is 15.2 Å². The molecule has 0 amide bonds. The van der Waals surface area contributed by atoms with Crippen LogP contribution in [0, 0.1) is 25.2 Å². The number of aryl methyl sites for hydroxylation is 2. The molecule has 0 aliphatic heterocycles. The van der Waals surface area contributed by atoms with E-state index in [9.17, 15) is 0 Å². The van der Waals surface area contributed by atoms with Gasteiger partial charge in [-0.15, -0.1) is 21.5 Å². The van der Waals surface area contributed by atoms with E-state index in [1.165, 1.54) is 11.8 Å². The Morgan fingerprint density at radius 3 is 2.96 bits per heavy atom. The van der Waals surface area contributed by atoms with E-state index in [-0.39, 0.29) is 0 Å². The summed E-state index contributed by atoms with van der Waals surface area (Å²) in [4.78, 5) is 5.27. The number of benzene rings is 1. The molecule has 2 aromatic heterocycles. The van der Waals surface area contributed by atoms with Crippen LogP contribution in [0.2, 0.25) is 0 Å². The molecule has 0 atom stereocenters. The maximum absolute atomic E-state index is 8.86. The molecule has 0 aliphatic carbocycles. The van der Waals surface area contributed by atoms with Gasteiger partial charge in [0.1, 0.15) is 10.6 Å². The average molecular weight is 358 g/mol. The SMILES string of the molecule is Cc1nc(C)c(-c2nnc(SCCOc3cccc(C#N)c3)o2)s1. The third-order valence-electron chi connectivity index (χ3n) is 3.04. The molecule has 0 fully saturated rings. The van der Waals surface area contributed by atoms with Gasteiger partial charge in [-0.25, -0.2) is 4.98 Å². The van der Waals surface area contributed by atoms with Crippen molar-refractivity contribution in [1.29, 1.82) is 5.26 Å². The second-order valence-corrected chi connectivity index (χ2v) is 7.11. The second kappa shape index (κ2) is 7.47. The Bertz CT molecular complexity index is 882. The summed E-state index contributed by atoms with van der Waals surface area (Å²) in [5.74, 6) is 1.85. The van der Waals surface area contributed by atoms with Gasteiger partial charge >= 0.3 is 0 Å². The van der Waals surface area contributed by atoms with Gasteiger partial charge in [-0.1, -0.05) is 17.8 Å². The Morgan fingerprint density at radius 2 is 2.21 bits per heavy atom. The highest BCUT2D eigenvalue weighted by Gasteiger charge is 2.15. The Hall–Kier alpha value is -2.37. The predicted molar refractivity (Wildman–Crippen MR) is 92.3 cm³/mol. The Morgan fingerprint density at radius 1 is 1.33 bits per heavy atom. The molecule has 0 radical (unpaired) electrons. The van der Waals surface area contributed by atoms with Gasteiger partial charge in [0.05, 0.1) is 28.9 Å². The standard InChI is InChI=1S/C16H14N4O2S2/c1-10-14(24-11(2)18-10)15-19-20-16(22-15)23-7-6-21-13-5-3-4-12(8-13)9-17/h3-5,8H,6-7H2,1-2H3. The highest BCUT2D eigenvalue weighted by molar-refractivity contribution is 7.99. The van der Waals surface area contributed by atoms with Gasteiger partial charge in [0.2, 0.25) is 0 Å². The van der Waals surface area contributed by atoms with E-state index >= 15 is 0 Å². The number of ether oxygens (including phenoxy) is 1. The molecule has 0 saturated heterocycles. The van der Waals surface area contributed by atoms with Crippen LogP contribution < -0.4 is 4.74 Å². The summed E-state index contributed by atoms with van der Waals surface area (Å²) in [7, 11) is 0. The zero-order chi connectivity index (χ0) is 16.9. The molecule has 1 aromatic carbocycles. The number of thioether (sulfide) groups is 1. The quantitative estimate of drug-likeness (QED) is 0.488. The van der Waals surface area contributed by atoms with E-state index in [0.29, 0.717) is 34.8 Å². The molecule has 0 unspecified atom stereocenters. The normalized spacial score (nSPS) is 10.5. The third kappa shape index (κ3) is 3.93. The molecule has 0 saturated carbocycles.